The molecule has 2 N–H and O–H groups in total. The number of carbonyl (C=O) groups excluding carboxylic acids is 1. The number of nitrogens with zero attached hydrogens (tertiary/aromatic N) is 1. The zero-order valence-corrected chi connectivity index (χ0v) is 14.0. The van der Waals surface area contributed by atoms with Crippen molar-refractivity contribution in [1.29, 1.82) is 0 Å². The van der Waals surface area contributed by atoms with Gasteiger partial charge in [0.05, 0.1) is 6.42 Å². The molecule has 1 heterocycles. The highest BCUT2D eigenvalue weighted by atomic mass is 16.4. The summed E-state index contributed by atoms with van der Waals surface area (Å²) in [5, 5.41) is 12.3. The Bertz CT molecular complexity index is 746. The van der Waals surface area contributed by atoms with Gasteiger partial charge in [0.1, 0.15) is 0 Å². The first-order valence-electron chi connectivity index (χ1n) is 8.51. The summed E-state index contributed by atoms with van der Waals surface area (Å²) in [4.78, 5) is 25.9. The SMILES string of the molecule is O=C(O)C[C@H]1CNCCN(C(=O)c2ccccc2-c2ccccc2)C1. The van der Waals surface area contributed by atoms with Crippen LogP contribution < -0.4 is 5.32 Å². The highest BCUT2D eigenvalue weighted by molar-refractivity contribution is 6.01. The number of nitrogens with one attached hydrogen (secondary N) is 1. The second kappa shape index (κ2) is 7.94. The van der Waals surface area contributed by atoms with E-state index < -0.39 is 5.97 Å². The van der Waals surface area contributed by atoms with E-state index in [1.165, 1.54) is 0 Å². The highest BCUT2D eigenvalue weighted by Crippen LogP contribution is 2.25. The Morgan fingerprint density at radius 3 is 2.56 bits per heavy atom. The smallest absolute Gasteiger partial charge is 0.303 e. The fraction of sp³-hybridized carbons (Fsp3) is 0.300. The number of carboxylic acid groups (broad SMARTS) is 1. The molecule has 1 aliphatic heterocycles. The van der Waals surface area contributed by atoms with E-state index in [2.05, 4.69) is 5.32 Å². The number of aliphatic carboxylic acids is 1. The van der Waals surface area contributed by atoms with Gasteiger partial charge in [-0.2, -0.15) is 0 Å². The Kier molecular flexibility index (Phi) is 5.46. The van der Waals surface area contributed by atoms with Crippen LogP contribution in [-0.2, 0) is 4.79 Å². The average Bonchev–Trinajstić information content (AvgIpc) is 2.87. The van der Waals surface area contributed by atoms with Gasteiger partial charge in [-0.1, -0.05) is 48.5 Å². The first-order chi connectivity index (χ1) is 12.1. The maximum atomic E-state index is 13.1. The summed E-state index contributed by atoms with van der Waals surface area (Å²) >= 11 is 0. The van der Waals surface area contributed by atoms with Crippen LogP contribution in [0.15, 0.2) is 54.6 Å². The summed E-state index contributed by atoms with van der Waals surface area (Å²) in [6.07, 6.45) is 0.0666. The monoisotopic (exact) mass is 338 g/mol. The summed E-state index contributed by atoms with van der Waals surface area (Å²) in [7, 11) is 0. The Hall–Kier alpha value is -2.66. The van der Waals surface area contributed by atoms with E-state index in [0.29, 0.717) is 31.7 Å². The van der Waals surface area contributed by atoms with Crippen molar-refractivity contribution < 1.29 is 14.7 Å². The Balaban J connectivity index is 1.86. The van der Waals surface area contributed by atoms with Crippen molar-refractivity contribution in [3.05, 3.63) is 60.2 Å². The van der Waals surface area contributed by atoms with Gasteiger partial charge in [-0.05, 0) is 23.1 Å². The first-order valence-corrected chi connectivity index (χ1v) is 8.51. The van der Waals surface area contributed by atoms with Gasteiger partial charge in [-0.25, -0.2) is 0 Å². The third kappa shape index (κ3) is 4.25. The van der Waals surface area contributed by atoms with Crippen LogP contribution in [0.5, 0.6) is 0 Å². The van der Waals surface area contributed by atoms with Gasteiger partial charge in [-0.3, -0.25) is 9.59 Å². The number of benzene rings is 2. The third-order valence-corrected chi connectivity index (χ3v) is 4.46. The second-order valence-corrected chi connectivity index (χ2v) is 6.33. The molecule has 0 aromatic heterocycles. The normalized spacial score (nSPS) is 17.8. The molecule has 1 atom stereocenters. The molecule has 3 rings (SSSR count). The third-order valence-electron chi connectivity index (χ3n) is 4.46. The molecular formula is C20H22N2O3. The molecule has 5 nitrogen and oxygen atoms in total. The van der Waals surface area contributed by atoms with E-state index in [1.807, 2.05) is 54.6 Å². The summed E-state index contributed by atoms with van der Waals surface area (Å²) in [6, 6.07) is 17.4. The lowest BCUT2D eigenvalue weighted by molar-refractivity contribution is -0.138. The molecule has 0 spiro atoms. The number of carboxylic acids is 1. The van der Waals surface area contributed by atoms with E-state index in [9.17, 15) is 9.59 Å². The average molecular weight is 338 g/mol. The van der Waals surface area contributed by atoms with Crippen molar-refractivity contribution in [3.8, 4) is 11.1 Å². The minimum Gasteiger partial charge on any atom is -0.481 e. The zero-order chi connectivity index (χ0) is 17.6. The van der Waals surface area contributed by atoms with Crippen LogP contribution in [0.2, 0.25) is 0 Å². The standard InChI is InChI=1S/C20H22N2O3/c23-19(24)12-15-13-21-10-11-22(14-15)20(25)18-9-5-4-8-17(18)16-6-2-1-3-7-16/h1-9,15,21H,10-14H2,(H,23,24)/t15-/m0/s1. The van der Waals surface area contributed by atoms with Crippen LogP contribution in [0.4, 0.5) is 0 Å². The largest absolute Gasteiger partial charge is 0.481 e. The molecule has 1 fully saturated rings. The van der Waals surface area contributed by atoms with Crippen molar-refractivity contribution in [2.75, 3.05) is 26.2 Å². The van der Waals surface area contributed by atoms with Crippen molar-refractivity contribution in [2.45, 2.75) is 6.42 Å². The second-order valence-electron chi connectivity index (χ2n) is 6.33. The molecule has 0 unspecified atom stereocenters. The number of rotatable bonds is 4. The topological polar surface area (TPSA) is 69.6 Å². The number of carbonyl (C=O) groups is 2. The summed E-state index contributed by atoms with van der Waals surface area (Å²) in [6.45, 7) is 2.34. The van der Waals surface area contributed by atoms with E-state index in [-0.39, 0.29) is 18.2 Å². The van der Waals surface area contributed by atoms with Crippen LogP contribution in [0.25, 0.3) is 11.1 Å². The minimum absolute atomic E-state index is 0.0430. The summed E-state index contributed by atoms with van der Waals surface area (Å²) in [5.41, 5.74) is 2.56. The van der Waals surface area contributed by atoms with Crippen molar-refractivity contribution in [3.63, 3.8) is 0 Å². The van der Waals surface area contributed by atoms with Crippen molar-refractivity contribution in [2.24, 2.45) is 5.92 Å². The van der Waals surface area contributed by atoms with Gasteiger partial charge in [0.15, 0.2) is 0 Å². The van der Waals surface area contributed by atoms with E-state index in [1.54, 1.807) is 4.90 Å². The van der Waals surface area contributed by atoms with Crippen LogP contribution in [0, 0.1) is 5.92 Å². The molecule has 1 aliphatic rings. The van der Waals surface area contributed by atoms with Crippen LogP contribution in [-0.4, -0.2) is 48.1 Å². The fourth-order valence-electron chi connectivity index (χ4n) is 3.27. The molecule has 0 aliphatic carbocycles. The molecule has 2 aromatic carbocycles. The maximum Gasteiger partial charge on any atom is 0.303 e. The minimum atomic E-state index is -0.828. The van der Waals surface area contributed by atoms with Crippen molar-refractivity contribution >= 4 is 11.9 Å². The summed E-state index contributed by atoms with van der Waals surface area (Å²) < 4.78 is 0. The molecule has 0 radical (unpaired) electrons. The molecule has 2 aromatic rings. The maximum absolute atomic E-state index is 13.1. The lowest BCUT2D eigenvalue weighted by atomic mass is 9.98. The fourth-order valence-corrected chi connectivity index (χ4v) is 3.27. The lowest BCUT2D eigenvalue weighted by Crippen LogP contribution is -2.36. The number of hydrogen-bond acceptors (Lipinski definition) is 3. The Labute approximate surface area is 147 Å². The predicted molar refractivity (Wildman–Crippen MR) is 96.4 cm³/mol. The first kappa shape index (κ1) is 17.2. The van der Waals surface area contributed by atoms with Gasteiger partial charge < -0.3 is 15.3 Å². The molecule has 130 valence electrons. The van der Waals surface area contributed by atoms with Crippen LogP contribution in [0.3, 0.4) is 0 Å². The Morgan fingerprint density at radius 2 is 1.80 bits per heavy atom. The predicted octanol–water partition coefficient (Wildman–Crippen LogP) is 2.49. The van der Waals surface area contributed by atoms with Crippen LogP contribution in [0.1, 0.15) is 16.8 Å². The number of amides is 1. The molecular weight excluding hydrogens is 316 g/mol. The van der Waals surface area contributed by atoms with Gasteiger partial charge in [-0.15, -0.1) is 0 Å². The van der Waals surface area contributed by atoms with E-state index >= 15 is 0 Å². The van der Waals surface area contributed by atoms with Gasteiger partial charge >= 0.3 is 5.97 Å². The van der Waals surface area contributed by atoms with Crippen molar-refractivity contribution in [1.82, 2.24) is 10.2 Å². The van der Waals surface area contributed by atoms with Crippen LogP contribution >= 0.6 is 0 Å². The van der Waals surface area contributed by atoms with Gasteiger partial charge in [0.2, 0.25) is 0 Å². The van der Waals surface area contributed by atoms with Gasteiger partial charge in [0.25, 0.3) is 5.91 Å². The van der Waals surface area contributed by atoms with E-state index in [4.69, 9.17) is 5.11 Å². The summed E-state index contributed by atoms with van der Waals surface area (Å²) in [5.74, 6) is -0.947. The molecule has 1 saturated heterocycles. The highest BCUT2D eigenvalue weighted by Gasteiger charge is 2.25. The lowest BCUT2D eigenvalue weighted by Gasteiger charge is -2.24. The van der Waals surface area contributed by atoms with E-state index in [0.717, 1.165) is 11.1 Å². The molecule has 5 heteroatoms. The molecule has 0 saturated carbocycles. The zero-order valence-electron chi connectivity index (χ0n) is 14.0. The van der Waals surface area contributed by atoms with Gasteiger partial charge in [0, 0.05) is 31.7 Å². The Morgan fingerprint density at radius 1 is 1.08 bits per heavy atom. The number of hydrogen-bond donors (Lipinski definition) is 2. The molecule has 25 heavy (non-hydrogen) atoms. The molecule has 1 amide bonds. The molecule has 0 bridgehead atoms. The quantitative estimate of drug-likeness (QED) is 0.899.